The number of ether oxygens (including phenoxy) is 2. The highest BCUT2D eigenvalue weighted by Gasteiger charge is 2.33. The number of piperidine rings is 1. The topological polar surface area (TPSA) is 41.9 Å². The van der Waals surface area contributed by atoms with Crippen LogP contribution in [0, 0.1) is 0 Å². The van der Waals surface area contributed by atoms with Gasteiger partial charge in [0.05, 0.1) is 6.61 Å². The highest BCUT2D eigenvalue weighted by atomic mass is 16.5. The van der Waals surface area contributed by atoms with E-state index in [4.69, 9.17) is 9.47 Å². The van der Waals surface area contributed by atoms with E-state index in [1.807, 2.05) is 37.3 Å². The van der Waals surface area contributed by atoms with Crippen LogP contribution in [0.3, 0.4) is 0 Å². The molecule has 2 aromatic rings. The molecule has 1 N–H and O–H groups in total. The largest absolute Gasteiger partial charge is 0.490 e. The molecule has 0 atom stereocenters. The Labute approximate surface area is 150 Å². The fourth-order valence-electron chi connectivity index (χ4n) is 3.17. The molecular weight excluding hydrogens is 314 g/mol. The minimum Gasteiger partial charge on any atom is -0.490 e. The van der Waals surface area contributed by atoms with E-state index < -0.39 is 5.60 Å². The van der Waals surface area contributed by atoms with Crippen LogP contribution in [0.25, 0.3) is 0 Å². The van der Waals surface area contributed by atoms with Crippen molar-refractivity contribution in [1.82, 2.24) is 4.90 Å². The summed E-state index contributed by atoms with van der Waals surface area (Å²) in [7, 11) is 0. The van der Waals surface area contributed by atoms with Crippen molar-refractivity contribution in [2.24, 2.45) is 0 Å². The van der Waals surface area contributed by atoms with E-state index >= 15 is 0 Å². The minimum absolute atomic E-state index is 0.302. The molecular formula is C21H27NO3. The summed E-state index contributed by atoms with van der Waals surface area (Å²) in [5.74, 6) is 1.43. The highest BCUT2D eigenvalue weighted by molar-refractivity contribution is 5.39. The van der Waals surface area contributed by atoms with Crippen LogP contribution >= 0.6 is 0 Å². The predicted molar refractivity (Wildman–Crippen MR) is 99.0 cm³/mol. The lowest BCUT2D eigenvalue weighted by atomic mass is 9.92. The first-order chi connectivity index (χ1) is 12.2. The first kappa shape index (κ1) is 17.8. The Balaban J connectivity index is 1.51. The Morgan fingerprint density at radius 2 is 1.52 bits per heavy atom. The SMILES string of the molecule is CCOc1ccccc1OCC1(O)CCN(Cc2ccccc2)CC1. The van der Waals surface area contributed by atoms with Crippen molar-refractivity contribution in [2.45, 2.75) is 31.9 Å². The maximum atomic E-state index is 10.8. The predicted octanol–water partition coefficient (Wildman–Crippen LogP) is 3.49. The molecule has 0 saturated carbocycles. The zero-order valence-corrected chi connectivity index (χ0v) is 14.9. The summed E-state index contributed by atoms with van der Waals surface area (Å²) in [5, 5.41) is 10.8. The summed E-state index contributed by atoms with van der Waals surface area (Å²) in [6, 6.07) is 18.1. The lowest BCUT2D eigenvalue weighted by molar-refractivity contribution is -0.0541. The first-order valence-corrected chi connectivity index (χ1v) is 9.02. The van der Waals surface area contributed by atoms with Gasteiger partial charge in [0.15, 0.2) is 11.5 Å². The summed E-state index contributed by atoms with van der Waals surface area (Å²) in [6.07, 6.45) is 1.44. The highest BCUT2D eigenvalue weighted by Crippen LogP contribution is 2.29. The molecule has 1 heterocycles. The normalized spacial score (nSPS) is 17.2. The molecule has 134 valence electrons. The number of rotatable bonds is 7. The van der Waals surface area contributed by atoms with Crippen LogP contribution < -0.4 is 9.47 Å². The minimum atomic E-state index is -0.771. The standard InChI is InChI=1S/C21H27NO3/c1-2-24-19-10-6-7-11-20(19)25-17-21(23)12-14-22(15-13-21)16-18-8-4-3-5-9-18/h3-11,23H,2,12-17H2,1H3. The van der Waals surface area contributed by atoms with E-state index in [0.29, 0.717) is 19.0 Å². The van der Waals surface area contributed by atoms with Gasteiger partial charge < -0.3 is 14.6 Å². The van der Waals surface area contributed by atoms with Gasteiger partial charge >= 0.3 is 0 Å². The number of aliphatic hydroxyl groups is 1. The Hall–Kier alpha value is -2.04. The molecule has 1 aliphatic heterocycles. The molecule has 25 heavy (non-hydrogen) atoms. The summed E-state index contributed by atoms with van der Waals surface area (Å²) in [5.41, 5.74) is 0.543. The van der Waals surface area contributed by atoms with E-state index in [0.717, 1.165) is 38.2 Å². The quantitative estimate of drug-likeness (QED) is 0.837. The van der Waals surface area contributed by atoms with Gasteiger partial charge in [-0.25, -0.2) is 0 Å². The molecule has 3 rings (SSSR count). The second kappa shape index (κ2) is 8.37. The average molecular weight is 341 g/mol. The van der Waals surface area contributed by atoms with Gasteiger partial charge in [-0.05, 0) is 37.5 Å². The average Bonchev–Trinajstić information content (AvgIpc) is 2.64. The van der Waals surface area contributed by atoms with Gasteiger partial charge in [-0.1, -0.05) is 42.5 Å². The van der Waals surface area contributed by atoms with Crippen LogP contribution in [-0.2, 0) is 6.54 Å². The maximum Gasteiger partial charge on any atom is 0.161 e. The van der Waals surface area contributed by atoms with Gasteiger partial charge in [-0.15, -0.1) is 0 Å². The second-order valence-corrected chi connectivity index (χ2v) is 6.65. The van der Waals surface area contributed by atoms with Crippen LogP contribution in [0.15, 0.2) is 54.6 Å². The van der Waals surface area contributed by atoms with E-state index in [-0.39, 0.29) is 0 Å². The number of hydrogen-bond acceptors (Lipinski definition) is 4. The molecule has 1 fully saturated rings. The molecule has 0 spiro atoms. The van der Waals surface area contributed by atoms with Gasteiger partial charge in [-0.2, -0.15) is 0 Å². The number of hydrogen-bond donors (Lipinski definition) is 1. The Bertz CT molecular complexity index is 651. The van der Waals surface area contributed by atoms with Gasteiger partial charge in [-0.3, -0.25) is 4.90 Å². The number of benzene rings is 2. The van der Waals surface area contributed by atoms with Gasteiger partial charge in [0.2, 0.25) is 0 Å². The molecule has 0 amide bonds. The number of likely N-dealkylation sites (tertiary alicyclic amines) is 1. The number of nitrogens with zero attached hydrogens (tertiary/aromatic N) is 1. The van der Waals surface area contributed by atoms with Gasteiger partial charge in [0.25, 0.3) is 0 Å². The molecule has 0 aliphatic carbocycles. The lowest BCUT2D eigenvalue weighted by Crippen LogP contribution is -2.47. The maximum absolute atomic E-state index is 10.8. The van der Waals surface area contributed by atoms with Crippen molar-refractivity contribution in [1.29, 1.82) is 0 Å². The van der Waals surface area contributed by atoms with Crippen molar-refractivity contribution >= 4 is 0 Å². The number of para-hydroxylation sites is 2. The summed E-state index contributed by atoms with van der Waals surface area (Å²) < 4.78 is 11.5. The molecule has 0 unspecified atom stereocenters. The Kier molecular flexibility index (Phi) is 5.95. The fraction of sp³-hybridized carbons (Fsp3) is 0.429. The van der Waals surface area contributed by atoms with Crippen molar-refractivity contribution in [3.8, 4) is 11.5 Å². The van der Waals surface area contributed by atoms with Crippen LogP contribution in [0.4, 0.5) is 0 Å². The molecule has 4 heteroatoms. The van der Waals surface area contributed by atoms with Crippen molar-refractivity contribution in [3.05, 3.63) is 60.2 Å². The Morgan fingerprint density at radius 1 is 0.920 bits per heavy atom. The third-order valence-electron chi connectivity index (χ3n) is 4.68. The van der Waals surface area contributed by atoms with Crippen LogP contribution in [0.1, 0.15) is 25.3 Å². The summed E-state index contributed by atoms with van der Waals surface area (Å²) in [6.45, 7) is 5.54. The van der Waals surface area contributed by atoms with E-state index in [9.17, 15) is 5.11 Å². The smallest absolute Gasteiger partial charge is 0.161 e. The van der Waals surface area contributed by atoms with Crippen molar-refractivity contribution in [3.63, 3.8) is 0 Å². The molecule has 1 aliphatic rings. The monoisotopic (exact) mass is 341 g/mol. The van der Waals surface area contributed by atoms with Crippen LogP contribution in [0.2, 0.25) is 0 Å². The zero-order valence-electron chi connectivity index (χ0n) is 14.9. The van der Waals surface area contributed by atoms with E-state index in [2.05, 4.69) is 29.2 Å². The molecule has 2 aromatic carbocycles. The van der Waals surface area contributed by atoms with Gasteiger partial charge in [0, 0.05) is 19.6 Å². The third-order valence-corrected chi connectivity index (χ3v) is 4.68. The van der Waals surface area contributed by atoms with E-state index in [1.54, 1.807) is 0 Å². The van der Waals surface area contributed by atoms with Crippen LogP contribution in [-0.4, -0.2) is 41.9 Å². The fourth-order valence-corrected chi connectivity index (χ4v) is 3.17. The van der Waals surface area contributed by atoms with Crippen molar-refractivity contribution < 1.29 is 14.6 Å². The summed E-state index contributed by atoms with van der Waals surface area (Å²) in [4.78, 5) is 2.39. The third kappa shape index (κ3) is 4.97. The first-order valence-electron chi connectivity index (χ1n) is 9.02. The molecule has 1 saturated heterocycles. The van der Waals surface area contributed by atoms with Gasteiger partial charge in [0.1, 0.15) is 12.2 Å². The van der Waals surface area contributed by atoms with E-state index in [1.165, 1.54) is 5.56 Å². The Morgan fingerprint density at radius 3 is 2.16 bits per heavy atom. The molecule has 0 aromatic heterocycles. The summed E-state index contributed by atoms with van der Waals surface area (Å²) >= 11 is 0. The molecule has 4 nitrogen and oxygen atoms in total. The van der Waals surface area contributed by atoms with Crippen molar-refractivity contribution in [2.75, 3.05) is 26.3 Å². The second-order valence-electron chi connectivity index (χ2n) is 6.65. The molecule has 0 bridgehead atoms. The zero-order chi connectivity index (χ0) is 17.5. The molecule has 0 radical (unpaired) electrons. The van der Waals surface area contributed by atoms with Crippen LogP contribution in [0.5, 0.6) is 11.5 Å². The lowest BCUT2D eigenvalue weighted by Gasteiger charge is -2.38.